The Bertz CT molecular complexity index is 664. The lowest BCUT2D eigenvalue weighted by molar-refractivity contribution is 0.0940. The van der Waals surface area contributed by atoms with Crippen molar-refractivity contribution in [2.24, 2.45) is 0 Å². The molecule has 0 saturated heterocycles. The number of amides is 1. The van der Waals surface area contributed by atoms with Gasteiger partial charge in [0.25, 0.3) is 5.91 Å². The van der Waals surface area contributed by atoms with Gasteiger partial charge in [0, 0.05) is 19.8 Å². The van der Waals surface area contributed by atoms with Gasteiger partial charge in [-0.2, -0.15) is 5.10 Å². The van der Waals surface area contributed by atoms with E-state index in [0.717, 1.165) is 42.8 Å². The average molecular weight is 329 g/mol. The minimum Gasteiger partial charge on any atom is -0.381 e. The van der Waals surface area contributed by atoms with Crippen LogP contribution in [0.25, 0.3) is 5.69 Å². The number of carbonyl (C=O) groups is 1. The molecule has 0 bridgehead atoms. The fourth-order valence-electron chi connectivity index (χ4n) is 2.47. The summed E-state index contributed by atoms with van der Waals surface area (Å²) in [7, 11) is 0. The van der Waals surface area contributed by atoms with Gasteiger partial charge < -0.3 is 10.1 Å². The van der Waals surface area contributed by atoms with Gasteiger partial charge in [-0.05, 0) is 44.4 Å². The van der Waals surface area contributed by atoms with Crippen LogP contribution in [0.15, 0.2) is 30.5 Å². The van der Waals surface area contributed by atoms with Crippen molar-refractivity contribution in [1.29, 1.82) is 0 Å². The van der Waals surface area contributed by atoms with Crippen LogP contribution in [0.1, 0.15) is 47.8 Å². The minimum atomic E-state index is -0.0834. The summed E-state index contributed by atoms with van der Waals surface area (Å²) in [5.41, 5.74) is 3.59. The Morgan fingerprint density at radius 3 is 2.79 bits per heavy atom. The van der Waals surface area contributed by atoms with Gasteiger partial charge in [0.2, 0.25) is 0 Å². The summed E-state index contributed by atoms with van der Waals surface area (Å²) < 4.78 is 7.29. The number of hydrogen-bond acceptors (Lipinski definition) is 3. The van der Waals surface area contributed by atoms with Gasteiger partial charge in [0.05, 0.1) is 23.1 Å². The summed E-state index contributed by atoms with van der Waals surface area (Å²) in [5.74, 6) is -0.0834. The summed E-state index contributed by atoms with van der Waals surface area (Å²) in [6.45, 7) is 8.19. The number of nitrogens with zero attached hydrogens (tertiary/aromatic N) is 2. The number of unbranched alkanes of at least 4 members (excludes halogenated alkanes) is 1. The average Bonchev–Trinajstić information content (AvgIpc) is 2.95. The van der Waals surface area contributed by atoms with Crippen molar-refractivity contribution >= 4 is 5.91 Å². The van der Waals surface area contributed by atoms with E-state index >= 15 is 0 Å². The minimum absolute atomic E-state index is 0.0834. The lowest BCUT2D eigenvalue weighted by Gasteiger charge is -2.07. The molecule has 24 heavy (non-hydrogen) atoms. The Labute approximate surface area is 144 Å². The predicted octanol–water partition coefficient (Wildman–Crippen LogP) is 3.43. The van der Waals surface area contributed by atoms with Gasteiger partial charge >= 0.3 is 0 Å². The number of aromatic nitrogens is 2. The van der Waals surface area contributed by atoms with E-state index in [9.17, 15) is 4.79 Å². The van der Waals surface area contributed by atoms with Crippen LogP contribution in [0.2, 0.25) is 0 Å². The van der Waals surface area contributed by atoms with Gasteiger partial charge in [0.1, 0.15) is 0 Å². The van der Waals surface area contributed by atoms with Crippen molar-refractivity contribution in [2.45, 2.75) is 40.0 Å². The van der Waals surface area contributed by atoms with E-state index < -0.39 is 0 Å². The highest BCUT2D eigenvalue weighted by atomic mass is 16.5. The van der Waals surface area contributed by atoms with Gasteiger partial charge in [-0.1, -0.05) is 25.5 Å². The molecule has 0 aliphatic rings. The Morgan fingerprint density at radius 2 is 2.04 bits per heavy atom. The molecule has 5 heteroatoms. The van der Waals surface area contributed by atoms with Crippen LogP contribution in [0, 0.1) is 13.8 Å². The van der Waals surface area contributed by atoms with Crippen LogP contribution in [-0.2, 0) is 4.74 Å². The molecule has 0 saturated carbocycles. The van der Waals surface area contributed by atoms with Crippen molar-refractivity contribution in [2.75, 3.05) is 19.8 Å². The molecule has 1 heterocycles. The third kappa shape index (κ3) is 4.93. The second-order valence-corrected chi connectivity index (χ2v) is 5.97. The van der Waals surface area contributed by atoms with Crippen LogP contribution in [-0.4, -0.2) is 35.4 Å². The zero-order valence-corrected chi connectivity index (χ0v) is 14.8. The van der Waals surface area contributed by atoms with E-state index in [0.29, 0.717) is 18.7 Å². The molecule has 0 unspecified atom stereocenters. The van der Waals surface area contributed by atoms with Gasteiger partial charge in [-0.15, -0.1) is 0 Å². The molecule has 2 aromatic rings. The van der Waals surface area contributed by atoms with Crippen molar-refractivity contribution in [3.05, 3.63) is 47.3 Å². The molecule has 0 spiro atoms. The molecule has 2 rings (SSSR count). The van der Waals surface area contributed by atoms with Crippen molar-refractivity contribution in [1.82, 2.24) is 15.1 Å². The van der Waals surface area contributed by atoms with Crippen LogP contribution < -0.4 is 5.32 Å². The summed E-state index contributed by atoms with van der Waals surface area (Å²) in [6.07, 6.45) is 4.68. The number of carbonyl (C=O) groups excluding carboxylic acids is 1. The van der Waals surface area contributed by atoms with E-state index in [-0.39, 0.29) is 5.91 Å². The molecule has 0 fully saturated rings. The highest BCUT2D eigenvalue weighted by Crippen LogP contribution is 2.15. The molecule has 0 aliphatic heterocycles. The van der Waals surface area contributed by atoms with Crippen molar-refractivity contribution in [3.63, 3.8) is 0 Å². The summed E-state index contributed by atoms with van der Waals surface area (Å²) in [4.78, 5) is 12.3. The van der Waals surface area contributed by atoms with E-state index in [4.69, 9.17) is 4.74 Å². The standard InChI is InChI=1S/C19H27N3O2/c1-4-5-11-24-12-7-10-20-19(23)18-14-21-22(16(18)3)17-9-6-8-15(2)13-17/h6,8-9,13-14H,4-5,7,10-12H2,1-3H3,(H,20,23). The number of rotatable bonds is 9. The maximum absolute atomic E-state index is 12.3. The Balaban J connectivity index is 1.87. The van der Waals surface area contributed by atoms with Gasteiger partial charge in [-0.3, -0.25) is 4.79 Å². The Hall–Kier alpha value is -2.14. The first-order valence-electron chi connectivity index (χ1n) is 8.61. The number of hydrogen-bond donors (Lipinski definition) is 1. The van der Waals surface area contributed by atoms with Crippen LogP contribution in [0.4, 0.5) is 0 Å². The van der Waals surface area contributed by atoms with E-state index in [1.165, 1.54) is 0 Å². The molecule has 130 valence electrons. The topological polar surface area (TPSA) is 56.1 Å². The van der Waals surface area contributed by atoms with E-state index in [1.807, 2.05) is 32.0 Å². The fourth-order valence-corrected chi connectivity index (χ4v) is 2.47. The zero-order valence-electron chi connectivity index (χ0n) is 14.8. The maximum Gasteiger partial charge on any atom is 0.254 e. The maximum atomic E-state index is 12.3. The lowest BCUT2D eigenvalue weighted by atomic mass is 10.2. The quantitative estimate of drug-likeness (QED) is 0.717. The number of nitrogens with one attached hydrogen (secondary N) is 1. The third-order valence-electron chi connectivity index (χ3n) is 3.89. The van der Waals surface area contributed by atoms with Gasteiger partial charge in [-0.25, -0.2) is 4.68 Å². The predicted molar refractivity (Wildman–Crippen MR) is 95.7 cm³/mol. The number of aryl methyl sites for hydroxylation is 1. The lowest BCUT2D eigenvalue weighted by Crippen LogP contribution is -2.25. The highest BCUT2D eigenvalue weighted by molar-refractivity contribution is 5.95. The summed E-state index contributed by atoms with van der Waals surface area (Å²) >= 11 is 0. The first-order valence-corrected chi connectivity index (χ1v) is 8.61. The summed E-state index contributed by atoms with van der Waals surface area (Å²) in [5, 5.41) is 7.29. The molecule has 1 aromatic heterocycles. The normalized spacial score (nSPS) is 10.8. The fraction of sp³-hybridized carbons (Fsp3) is 0.474. The summed E-state index contributed by atoms with van der Waals surface area (Å²) in [6, 6.07) is 8.07. The molecule has 0 aliphatic carbocycles. The second-order valence-electron chi connectivity index (χ2n) is 5.97. The highest BCUT2D eigenvalue weighted by Gasteiger charge is 2.14. The van der Waals surface area contributed by atoms with E-state index in [1.54, 1.807) is 10.9 Å². The number of ether oxygens (including phenoxy) is 1. The molecule has 0 atom stereocenters. The molecule has 1 aromatic carbocycles. The smallest absolute Gasteiger partial charge is 0.254 e. The van der Waals surface area contributed by atoms with Crippen LogP contribution in [0.3, 0.4) is 0 Å². The SMILES string of the molecule is CCCCOCCCNC(=O)c1cnn(-c2cccc(C)c2)c1C. The second kappa shape index (κ2) is 9.23. The molecule has 5 nitrogen and oxygen atoms in total. The van der Waals surface area contributed by atoms with Crippen molar-refractivity contribution in [3.8, 4) is 5.69 Å². The molecule has 1 N–H and O–H groups in total. The Kier molecular flexibility index (Phi) is 7.00. The largest absolute Gasteiger partial charge is 0.381 e. The first kappa shape index (κ1) is 18.2. The number of benzene rings is 1. The molecular weight excluding hydrogens is 302 g/mol. The van der Waals surface area contributed by atoms with Crippen LogP contribution >= 0.6 is 0 Å². The first-order chi connectivity index (χ1) is 11.6. The van der Waals surface area contributed by atoms with Crippen molar-refractivity contribution < 1.29 is 9.53 Å². The third-order valence-corrected chi connectivity index (χ3v) is 3.89. The Morgan fingerprint density at radius 1 is 1.25 bits per heavy atom. The van der Waals surface area contributed by atoms with Gasteiger partial charge in [0.15, 0.2) is 0 Å². The van der Waals surface area contributed by atoms with E-state index in [2.05, 4.69) is 23.4 Å². The molecule has 0 radical (unpaired) electrons. The van der Waals surface area contributed by atoms with Crippen LogP contribution in [0.5, 0.6) is 0 Å². The molecular formula is C19H27N3O2. The monoisotopic (exact) mass is 329 g/mol. The molecule has 1 amide bonds. The zero-order chi connectivity index (χ0) is 17.4.